The molecule has 1 heterocycles. The second-order valence-electron chi connectivity index (χ2n) is 4.07. The monoisotopic (exact) mass is 289 g/mol. The average Bonchev–Trinajstić information content (AvgIpc) is 2.42. The van der Waals surface area contributed by atoms with E-state index in [1.807, 2.05) is 0 Å². The standard InChI is InChI=1S/C13H11N3O3S/c1-9-7-10(17)4-5-11(9)16-20(18,19)13-3-2-6-15-12(13)8-14/h2-7,16-17H,1H3. The number of aryl methyl sites for hydroxylation is 1. The van der Waals surface area contributed by atoms with Crippen molar-refractivity contribution in [3.8, 4) is 11.8 Å². The predicted octanol–water partition coefficient (Wildman–Crippen LogP) is 1.77. The van der Waals surface area contributed by atoms with Gasteiger partial charge in [0, 0.05) is 6.20 Å². The van der Waals surface area contributed by atoms with Gasteiger partial charge in [-0.3, -0.25) is 4.72 Å². The molecule has 0 spiro atoms. The lowest BCUT2D eigenvalue weighted by atomic mass is 10.2. The molecule has 2 N–H and O–H groups in total. The first kappa shape index (κ1) is 13.8. The first-order chi connectivity index (χ1) is 9.44. The summed E-state index contributed by atoms with van der Waals surface area (Å²) < 4.78 is 26.9. The van der Waals surface area contributed by atoms with Gasteiger partial charge >= 0.3 is 0 Å². The maximum atomic E-state index is 12.3. The summed E-state index contributed by atoms with van der Waals surface area (Å²) in [6.07, 6.45) is 1.35. The van der Waals surface area contributed by atoms with Crippen molar-refractivity contribution in [1.82, 2.24) is 4.98 Å². The molecule has 20 heavy (non-hydrogen) atoms. The number of anilines is 1. The topological polar surface area (TPSA) is 103 Å². The summed E-state index contributed by atoms with van der Waals surface area (Å²) in [6.45, 7) is 1.66. The molecule has 2 aromatic rings. The minimum atomic E-state index is -3.91. The molecule has 0 amide bonds. The Morgan fingerprint density at radius 3 is 2.75 bits per heavy atom. The molecule has 0 saturated heterocycles. The Morgan fingerprint density at radius 2 is 2.10 bits per heavy atom. The summed E-state index contributed by atoms with van der Waals surface area (Å²) in [5.74, 6) is 0.0459. The fraction of sp³-hybridized carbons (Fsp3) is 0.0769. The van der Waals surface area contributed by atoms with Crippen molar-refractivity contribution >= 4 is 15.7 Å². The van der Waals surface area contributed by atoms with Crippen LogP contribution in [-0.2, 0) is 10.0 Å². The minimum Gasteiger partial charge on any atom is -0.508 e. The Morgan fingerprint density at radius 1 is 1.35 bits per heavy atom. The summed E-state index contributed by atoms with van der Waals surface area (Å²) in [6, 6.07) is 8.75. The van der Waals surface area contributed by atoms with Gasteiger partial charge < -0.3 is 5.11 Å². The van der Waals surface area contributed by atoms with Gasteiger partial charge in [0.1, 0.15) is 16.7 Å². The molecular weight excluding hydrogens is 278 g/mol. The van der Waals surface area contributed by atoms with Gasteiger partial charge in [0.2, 0.25) is 0 Å². The molecule has 0 bridgehead atoms. The lowest BCUT2D eigenvalue weighted by Crippen LogP contribution is -2.15. The zero-order chi connectivity index (χ0) is 14.8. The smallest absolute Gasteiger partial charge is 0.264 e. The summed E-state index contributed by atoms with van der Waals surface area (Å²) >= 11 is 0. The Kier molecular flexibility index (Phi) is 3.59. The third-order valence-electron chi connectivity index (χ3n) is 2.62. The number of hydrogen-bond donors (Lipinski definition) is 2. The molecule has 0 fully saturated rings. The number of benzene rings is 1. The van der Waals surface area contributed by atoms with Crippen molar-refractivity contribution in [1.29, 1.82) is 5.26 Å². The fourth-order valence-electron chi connectivity index (χ4n) is 1.65. The van der Waals surface area contributed by atoms with Crippen LogP contribution in [0.1, 0.15) is 11.3 Å². The molecule has 1 aromatic heterocycles. The molecule has 0 aliphatic heterocycles. The zero-order valence-corrected chi connectivity index (χ0v) is 11.3. The van der Waals surface area contributed by atoms with Crippen molar-refractivity contribution in [3.63, 3.8) is 0 Å². The number of nitrogens with one attached hydrogen (secondary N) is 1. The molecule has 0 saturated carbocycles. The van der Waals surface area contributed by atoms with E-state index in [0.717, 1.165) is 0 Å². The molecule has 0 aliphatic carbocycles. The summed E-state index contributed by atoms with van der Waals surface area (Å²) in [5.41, 5.74) is 0.725. The van der Waals surface area contributed by atoms with Gasteiger partial charge in [-0.15, -0.1) is 0 Å². The number of nitriles is 1. The number of aromatic nitrogens is 1. The van der Waals surface area contributed by atoms with Crippen LogP contribution in [0.25, 0.3) is 0 Å². The quantitative estimate of drug-likeness (QED) is 0.838. The number of sulfonamides is 1. The number of aromatic hydroxyl groups is 1. The Labute approximate surface area is 116 Å². The average molecular weight is 289 g/mol. The van der Waals surface area contributed by atoms with Crippen LogP contribution >= 0.6 is 0 Å². The fourth-order valence-corrected chi connectivity index (χ4v) is 2.89. The highest BCUT2D eigenvalue weighted by molar-refractivity contribution is 7.92. The lowest BCUT2D eigenvalue weighted by molar-refractivity contribution is 0.475. The minimum absolute atomic E-state index is 0.0459. The largest absolute Gasteiger partial charge is 0.508 e. The van der Waals surface area contributed by atoms with Crippen LogP contribution in [0.2, 0.25) is 0 Å². The molecule has 0 aliphatic rings. The van der Waals surface area contributed by atoms with Crippen LogP contribution in [0.4, 0.5) is 5.69 Å². The van der Waals surface area contributed by atoms with Crippen molar-refractivity contribution in [2.45, 2.75) is 11.8 Å². The van der Waals surface area contributed by atoms with Gasteiger partial charge in [0.15, 0.2) is 5.69 Å². The van der Waals surface area contributed by atoms with Gasteiger partial charge in [0.25, 0.3) is 10.0 Å². The third kappa shape index (κ3) is 2.70. The zero-order valence-electron chi connectivity index (χ0n) is 10.5. The van der Waals surface area contributed by atoms with Crippen molar-refractivity contribution in [2.24, 2.45) is 0 Å². The maximum Gasteiger partial charge on any atom is 0.264 e. The molecular formula is C13H11N3O3S. The van der Waals surface area contributed by atoms with E-state index in [-0.39, 0.29) is 16.3 Å². The Hall–Kier alpha value is -2.59. The number of rotatable bonds is 3. The first-order valence-electron chi connectivity index (χ1n) is 5.61. The maximum absolute atomic E-state index is 12.3. The highest BCUT2D eigenvalue weighted by Gasteiger charge is 2.20. The molecule has 7 heteroatoms. The van der Waals surface area contributed by atoms with E-state index in [1.165, 1.54) is 36.5 Å². The number of pyridine rings is 1. The third-order valence-corrected chi connectivity index (χ3v) is 4.02. The van der Waals surface area contributed by atoms with Gasteiger partial charge in [0.05, 0.1) is 5.69 Å². The van der Waals surface area contributed by atoms with E-state index in [1.54, 1.807) is 13.0 Å². The lowest BCUT2D eigenvalue weighted by Gasteiger charge is -2.11. The van der Waals surface area contributed by atoms with E-state index in [4.69, 9.17) is 5.26 Å². The highest BCUT2D eigenvalue weighted by Crippen LogP contribution is 2.23. The molecule has 6 nitrogen and oxygen atoms in total. The second-order valence-corrected chi connectivity index (χ2v) is 5.72. The van der Waals surface area contributed by atoms with E-state index in [0.29, 0.717) is 11.3 Å². The summed E-state index contributed by atoms with van der Waals surface area (Å²) in [5, 5.41) is 18.2. The van der Waals surface area contributed by atoms with E-state index in [2.05, 4.69) is 9.71 Å². The van der Waals surface area contributed by atoms with Crippen LogP contribution < -0.4 is 4.72 Å². The Bertz CT molecular complexity index is 795. The van der Waals surface area contributed by atoms with Crippen LogP contribution in [-0.4, -0.2) is 18.5 Å². The molecule has 2 rings (SSSR count). The van der Waals surface area contributed by atoms with Crippen molar-refractivity contribution < 1.29 is 13.5 Å². The van der Waals surface area contributed by atoms with Gasteiger partial charge in [-0.25, -0.2) is 13.4 Å². The van der Waals surface area contributed by atoms with Gasteiger partial charge in [-0.1, -0.05) is 0 Å². The van der Waals surface area contributed by atoms with Crippen LogP contribution in [0, 0.1) is 18.3 Å². The second kappa shape index (κ2) is 5.19. The van der Waals surface area contributed by atoms with E-state index >= 15 is 0 Å². The molecule has 0 unspecified atom stereocenters. The van der Waals surface area contributed by atoms with Gasteiger partial charge in [-0.2, -0.15) is 5.26 Å². The number of hydrogen-bond acceptors (Lipinski definition) is 5. The predicted molar refractivity (Wildman–Crippen MR) is 72.6 cm³/mol. The van der Waals surface area contributed by atoms with Crippen molar-refractivity contribution in [3.05, 3.63) is 47.8 Å². The molecule has 0 atom stereocenters. The first-order valence-corrected chi connectivity index (χ1v) is 7.10. The molecule has 1 aromatic carbocycles. The van der Waals surface area contributed by atoms with Crippen LogP contribution in [0.5, 0.6) is 5.75 Å². The van der Waals surface area contributed by atoms with E-state index in [9.17, 15) is 13.5 Å². The number of nitrogens with zero attached hydrogens (tertiary/aromatic N) is 2. The summed E-state index contributed by atoms with van der Waals surface area (Å²) in [4.78, 5) is 3.54. The highest BCUT2D eigenvalue weighted by atomic mass is 32.2. The van der Waals surface area contributed by atoms with Crippen LogP contribution in [0.3, 0.4) is 0 Å². The SMILES string of the molecule is Cc1cc(O)ccc1NS(=O)(=O)c1cccnc1C#N. The number of phenolic OH excluding ortho intramolecular Hbond substituents is 1. The normalized spacial score (nSPS) is 10.8. The Balaban J connectivity index is 2.44. The van der Waals surface area contributed by atoms with E-state index < -0.39 is 10.0 Å². The van der Waals surface area contributed by atoms with Crippen molar-refractivity contribution in [2.75, 3.05) is 4.72 Å². The summed E-state index contributed by atoms with van der Waals surface area (Å²) in [7, 11) is -3.91. The molecule has 102 valence electrons. The number of phenols is 1. The van der Waals surface area contributed by atoms with Crippen LogP contribution in [0.15, 0.2) is 41.4 Å². The van der Waals surface area contributed by atoms with Gasteiger partial charge in [-0.05, 0) is 42.8 Å². The molecule has 0 radical (unpaired) electrons.